The van der Waals surface area contributed by atoms with Gasteiger partial charge in [0.05, 0.1) is 33.7 Å². The predicted octanol–water partition coefficient (Wildman–Crippen LogP) is 4.30. The lowest BCUT2D eigenvalue weighted by molar-refractivity contribution is 0.414. The summed E-state index contributed by atoms with van der Waals surface area (Å²) in [6.07, 6.45) is 0. The number of benzene rings is 2. The van der Waals surface area contributed by atoms with E-state index in [0.717, 1.165) is 5.56 Å². The van der Waals surface area contributed by atoms with E-state index in [2.05, 4.69) is 17.6 Å². The van der Waals surface area contributed by atoms with Gasteiger partial charge in [0.15, 0.2) is 5.16 Å². The molecule has 0 saturated carbocycles. The molecule has 0 unspecified atom stereocenters. The number of halogens is 2. The Kier molecular flexibility index (Phi) is 4.27. The second-order valence-corrected chi connectivity index (χ2v) is 6.23. The minimum absolute atomic E-state index is 0.234. The van der Waals surface area contributed by atoms with E-state index in [4.69, 9.17) is 27.9 Å². The van der Waals surface area contributed by atoms with E-state index in [-0.39, 0.29) is 10.7 Å². The van der Waals surface area contributed by atoms with Crippen molar-refractivity contribution in [2.45, 2.75) is 12.1 Å². The first-order valence-corrected chi connectivity index (χ1v) is 7.88. The fourth-order valence-electron chi connectivity index (χ4n) is 2.35. The molecule has 0 spiro atoms. The van der Waals surface area contributed by atoms with Gasteiger partial charge in [-0.15, -0.1) is 12.6 Å². The lowest BCUT2D eigenvalue weighted by Gasteiger charge is -2.14. The summed E-state index contributed by atoms with van der Waals surface area (Å²) in [6.45, 7) is 1.91. The summed E-state index contributed by atoms with van der Waals surface area (Å²) in [6, 6.07) is 8.59. The Morgan fingerprint density at radius 2 is 1.91 bits per heavy atom. The van der Waals surface area contributed by atoms with Crippen LogP contribution in [-0.2, 0) is 0 Å². The van der Waals surface area contributed by atoms with Gasteiger partial charge in [-0.2, -0.15) is 0 Å². The lowest BCUT2D eigenvalue weighted by atomic mass is 10.1. The average molecular weight is 367 g/mol. The third kappa shape index (κ3) is 2.80. The van der Waals surface area contributed by atoms with Crippen molar-refractivity contribution >= 4 is 46.7 Å². The van der Waals surface area contributed by atoms with Crippen LogP contribution in [-0.4, -0.2) is 16.7 Å². The summed E-state index contributed by atoms with van der Waals surface area (Å²) in [5.41, 5.74) is 1.71. The van der Waals surface area contributed by atoms with E-state index < -0.39 is 0 Å². The van der Waals surface area contributed by atoms with Crippen molar-refractivity contribution in [1.29, 1.82) is 0 Å². The Balaban J connectivity index is 2.39. The molecule has 0 bridgehead atoms. The molecule has 1 aromatic heterocycles. The molecule has 23 heavy (non-hydrogen) atoms. The molecule has 7 heteroatoms. The quantitative estimate of drug-likeness (QED) is 0.543. The molecule has 0 aliphatic rings. The molecule has 0 aliphatic heterocycles. The SMILES string of the molecule is COc1cc(-n2c(S)nc3ccc(C)cc3c2=O)c(Cl)cc1Cl. The standard InChI is InChI=1S/C16H12Cl2N2O2S/c1-8-3-4-12-9(5-8)15(21)20(16(23)19-12)13-7-14(22-2)11(18)6-10(13)17/h3-7H,1-2H3,(H,19,23). The molecule has 1 heterocycles. The number of fused-ring (bicyclic) bond motifs is 1. The largest absolute Gasteiger partial charge is 0.495 e. The van der Waals surface area contributed by atoms with Gasteiger partial charge in [-0.25, -0.2) is 4.98 Å². The van der Waals surface area contributed by atoms with Crippen LogP contribution in [0.25, 0.3) is 16.6 Å². The number of ether oxygens (including phenoxy) is 1. The van der Waals surface area contributed by atoms with Crippen molar-refractivity contribution in [2.24, 2.45) is 0 Å². The minimum Gasteiger partial charge on any atom is -0.495 e. The molecule has 0 amide bonds. The maximum atomic E-state index is 12.9. The van der Waals surface area contributed by atoms with Crippen LogP contribution in [0.2, 0.25) is 10.0 Å². The molecular weight excluding hydrogens is 355 g/mol. The third-order valence-corrected chi connectivity index (χ3v) is 4.37. The maximum absolute atomic E-state index is 12.9. The first-order chi connectivity index (χ1) is 10.9. The third-order valence-electron chi connectivity index (χ3n) is 3.47. The van der Waals surface area contributed by atoms with Crippen LogP contribution in [0.5, 0.6) is 5.75 Å². The zero-order valence-electron chi connectivity index (χ0n) is 12.3. The molecule has 0 radical (unpaired) electrons. The van der Waals surface area contributed by atoms with Crippen molar-refractivity contribution in [3.05, 3.63) is 56.3 Å². The zero-order valence-corrected chi connectivity index (χ0v) is 14.7. The number of thiol groups is 1. The Morgan fingerprint density at radius 3 is 2.61 bits per heavy atom. The predicted molar refractivity (Wildman–Crippen MR) is 95.9 cm³/mol. The highest BCUT2D eigenvalue weighted by molar-refractivity contribution is 7.80. The van der Waals surface area contributed by atoms with Crippen molar-refractivity contribution in [2.75, 3.05) is 7.11 Å². The summed E-state index contributed by atoms with van der Waals surface area (Å²) in [5, 5.41) is 1.40. The molecule has 0 aliphatic carbocycles. The van der Waals surface area contributed by atoms with Gasteiger partial charge in [0.2, 0.25) is 0 Å². The number of rotatable bonds is 2. The highest BCUT2D eigenvalue weighted by Gasteiger charge is 2.16. The van der Waals surface area contributed by atoms with Crippen molar-refractivity contribution in [1.82, 2.24) is 9.55 Å². The van der Waals surface area contributed by atoms with Gasteiger partial charge in [-0.3, -0.25) is 9.36 Å². The van der Waals surface area contributed by atoms with Gasteiger partial charge < -0.3 is 4.74 Å². The molecule has 3 rings (SSSR count). The van der Waals surface area contributed by atoms with Crippen LogP contribution in [0, 0.1) is 6.92 Å². The van der Waals surface area contributed by atoms with Crippen LogP contribution in [0.1, 0.15) is 5.56 Å². The molecular formula is C16H12Cl2N2O2S. The fourth-order valence-corrected chi connectivity index (χ4v) is 3.20. The Bertz CT molecular complexity index is 986. The number of hydrogen-bond acceptors (Lipinski definition) is 4. The van der Waals surface area contributed by atoms with E-state index in [1.54, 1.807) is 18.2 Å². The number of aryl methyl sites for hydroxylation is 1. The second kappa shape index (κ2) is 6.07. The summed E-state index contributed by atoms with van der Waals surface area (Å²) < 4.78 is 6.54. The number of hydrogen-bond donors (Lipinski definition) is 1. The minimum atomic E-state index is -0.255. The number of methoxy groups -OCH3 is 1. The van der Waals surface area contributed by atoms with Crippen LogP contribution in [0.3, 0.4) is 0 Å². The molecule has 2 aromatic carbocycles. The van der Waals surface area contributed by atoms with E-state index >= 15 is 0 Å². The Labute approximate surface area is 148 Å². The summed E-state index contributed by atoms with van der Waals surface area (Å²) >= 11 is 16.6. The first kappa shape index (κ1) is 16.2. The zero-order chi connectivity index (χ0) is 16.7. The molecule has 0 saturated heterocycles. The molecule has 3 aromatic rings. The number of aromatic nitrogens is 2. The highest BCUT2D eigenvalue weighted by atomic mass is 35.5. The Hall–Kier alpha value is -1.69. The summed E-state index contributed by atoms with van der Waals surface area (Å²) in [7, 11) is 1.49. The Morgan fingerprint density at radius 1 is 1.17 bits per heavy atom. The molecule has 118 valence electrons. The smallest absolute Gasteiger partial charge is 0.266 e. The van der Waals surface area contributed by atoms with Gasteiger partial charge in [0.25, 0.3) is 5.56 Å². The van der Waals surface area contributed by atoms with Crippen molar-refractivity contribution in [3.63, 3.8) is 0 Å². The van der Waals surface area contributed by atoms with Crippen LogP contribution >= 0.6 is 35.8 Å². The molecule has 0 atom stereocenters. The first-order valence-electron chi connectivity index (χ1n) is 6.68. The van der Waals surface area contributed by atoms with Crippen LogP contribution < -0.4 is 10.3 Å². The summed E-state index contributed by atoms with van der Waals surface area (Å²) in [5.74, 6) is 0.412. The molecule has 0 fully saturated rings. The van der Waals surface area contributed by atoms with Gasteiger partial charge >= 0.3 is 0 Å². The van der Waals surface area contributed by atoms with E-state index in [1.165, 1.54) is 17.7 Å². The lowest BCUT2D eigenvalue weighted by Crippen LogP contribution is -2.21. The molecule has 0 N–H and O–H groups in total. The average Bonchev–Trinajstić information content (AvgIpc) is 2.50. The van der Waals surface area contributed by atoms with E-state index in [9.17, 15) is 4.79 Å². The van der Waals surface area contributed by atoms with Gasteiger partial charge in [0.1, 0.15) is 5.75 Å². The van der Waals surface area contributed by atoms with Gasteiger partial charge in [0, 0.05) is 6.07 Å². The number of nitrogens with zero attached hydrogens (tertiary/aromatic N) is 2. The monoisotopic (exact) mass is 366 g/mol. The highest BCUT2D eigenvalue weighted by Crippen LogP contribution is 2.33. The van der Waals surface area contributed by atoms with Gasteiger partial charge in [-0.1, -0.05) is 34.8 Å². The normalized spacial score (nSPS) is 11.0. The van der Waals surface area contributed by atoms with Crippen LogP contribution in [0.15, 0.2) is 40.3 Å². The molecule has 4 nitrogen and oxygen atoms in total. The van der Waals surface area contributed by atoms with E-state index in [0.29, 0.717) is 32.4 Å². The fraction of sp³-hybridized carbons (Fsp3) is 0.125. The van der Waals surface area contributed by atoms with Crippen LogP contribution in [0.4, 0.5) is 0 Å². The summed E-state index contributed by atoms with van der Waals surface area (Å²) in [4.78, 5) is 17.2. The maximum Gasteiger partial charge on any atom is 0.266 e. The van der Waals surface area contributed by atoms with Gasteiger partial charge in [-0.05, 0) is 25.1 Å². The second-order valence-electron chi connectivity index (χ2n) is 5.01. The topological polar surface area (TPSA) is 44.1 Å². The van der Waals surface area contributed by atoms with Crippen molar-refractivity contribution in [3.8, 4) is 11.4 Å². The van der Waals surface area contributed by atoms with E-state index in [1.807, 2.05) is 13.0 Å². The van der Waals surface area contributed by atoms with Crippen molar-refractivity contribution < 1.29 is 4.74 Å².